The van der Waals surface area contributed by atoms with Gasteiger partial charge in [-0.05, 0) is 17.9 Å². The van der Waals surface area contributed by atoms with Crippen LogP contribution in [0.5, 0.6) is 0 Å². The van der Waals surface area contributed by atoms with Crippen molar-refractivity contribution < 1.29 is 4.74 Å². The normalized spacial score (nSPS) is 12.7. The maximum atomic E-state index is 8.05. The van der Waals surface area contributed by atoms with Crippen molar-refractivity contribution in [3.8, 4) is 0 Å². The number of methoxy groups -OCH3 is 1. The van der Waals surface area contributed by atoms with E-state index in [2.05, 4.69) is 23.9 Å². The van der Waals surface area contributed by atoms with E-state index in [0.29, 0.717) is 12.5 Å². The van der Waals surface area contributed by atoms with Gasteiger partial charge in [-0.25, -0.2) is 0 Å². The largest absolute Gasteiger partial charge is 0.381 e. The monoisotopic (exact) mass is 157 g/mol. The molecule has 0 aliphatic carbocycles. The molecule has 0 bridgehead atoms. The first kappa shape index (κ1) is 10.3. The average molecular weight is 157 g/mol. The molecule has 0 rings (SSSR count). The Bertz CT molecular complexity index is 141. The minimum atomic E-state index is 0.0749. The van der Waals surface area contributed by atoms with Gasteiger partial charge in [0.05, 0.1) is 12.6 Å². The molecule has 0 saturated heterocycles. The molecule has 1 atom stereocenters. The molecule has 0 aromatic rings. The maximum Gasteiger partial charge on any atom is 0.0630 e. The molecule has 0 N–H and O–H groups in total. The molecular weight excluding hydrogens is 142 g/mol. The van der Waals surface area contributed by atoms with Crippen molar-refractivity contribution in [1.82, 2.24) is 0 Å². The van der Waals surface area contributed by atoms with Crippen molar-refractivity contribution in [2.75, 3.05) is 13.7 Å². The molecule has 0 radical (unpaired) electrons. The van der Waals surface area contributed by atoms with Crippen LogP contribution in [0.15, 0.2) is 5.11 Å². The van der Waals surface area contributed by atoms with Gasteiger partial charge in [0, 0.05) is 12.0 Å². The molecule has 4 nitrogen and oxygen atoms in total. The van der Waals surface area contributed by atoms with Crippen molar-refractivity contribution in [1.29, 1.82) is 0 Å². The van der Waals surface area contributed by atoms with Gasteiger partial charge in [-0.1, -0.05) is 19.0 Å². The van der Waals surface area contributed by atoms with Gasteiger partial charge in [0.2, 0.25) is 0 Å². The lowest BCUT2D eigenvalue weighted by Crippen LogP contribution is -2.16. The third-order valence-electron chi connectivity index (χ3n) is 1.42. The summed E-state index contributed by atoms with van der Waals surface area (Å²) in [6, 6.07) is 0. The fourth-order valence-electron chi connectivity index (χ4n) is 0.899. The van der Waals surface area contributed by atoms with Crippen LogP contribution in [0.4, 0.5) is 0 Å². The molecule has 0 heterocycles. The van der Waals surface area contributed by atoms with Crippen molar-refractivity contribution in [3.63, 3.8) is 0 Å². The van der Waals surface area contributed by atoms with E-state index in [1.54, 1.807) is 7.11 Å². The Morgan fingerprint density at radius 2 is 2.18 bits per heavy atom. The van der Waals surface area contributed by atoms with Crippen molar-refractivity contribution >= 4 is 0 Å². The van der Waals surface area contributed by atoms with Gasteiger partial charge < -0.3 is 4.74 Å². The number of hydrogen-bond acceptors (Lipinski definition) is 2. The lowest BCUT2D eigenvalue weighted by atomic mass is 10.1. The van der Waals surface area contributed by atoms with Gasteiger partial charge in [0.15, 0.2) is 0 Å². The molecule has 4 heteroatoms. The molecule has 0 amide bonds. The second-order valence-electron chi connectivity index (χ2n) is 2.90. The predicted octanol–water partition coefficient (Wildman–Crippen LogP) is 2.36. The van der Waals surface area contributed by atoms with E-state index in [1.165, 1.54) is 0 Å². The quantitative estimate of drug-likeness (QED) is 0.343. The minimum Gasteiger partial charge on any atom is -0.381 e. The molecule has 0 saturated carbocycles. The highest BCUT2D eigenvalue weighted by Crippen LogP contribution is 2.07. The number of hydrogen-bond donors (Lipinski definition) is 0. The zero-order valence-corrected chi connectivity index (χ0v) is 7.32. The van der Waals surface area contributed by atoms with Gasteiger partial charge in [0.25, 0.3) is 0 Å². The Kier molecular flexibility index (Phi) is 5.61. The molecule has 0 aliphatic heterocycles. The maximum absolute atomic E-state index is 8.05. The van der Waals surface area contributed by atoms with E-state index >= 15 is 0 Å². The summed E-state index contributed by atoms with van der Waals surface area (Å²) >= 11 is 0. The second kappa shape index (κ2) is 6.01. The molecule has 0 aliphatic rings. The lowest BCUT2D eigenvalue weighted by Gasteiger charge is -2.14. The third-order valence-corrected chi connectivity index (χ3v) is 1.42. The Morgan fingerprint density at radius 3 is 2.55 bits per heavy atom. The summed E-state index contributed by atoms with van der Waals surface area (Å²) in [7, 11) is 1.64. The number of ether oxygens (including phenoxy) is 1. The molecule has 64 valence electrons. The Hall–Kier alpha value is -0.730. The van der Waals surface area contributed by atoms with E-state index in [-0.39, 0.29) is 6.10 Å². The highest BCUT2D eigenvalue weighted by molar-refractivity contribution is 4.63. The summed E-state index contributed by atoms with van der Waals surface area (Å²) in [5.74, 6) is 0.578. The highest BCUT2D eigenvalue weighted by Gasteiger charge is 2.07. The Labute approximate surface area is 67.2 Å². The van der Waals surface area contributed by atoms with Gasteiger partial charge >= 0.3 is 0 Å². The Morgan fingerprint density at radius 1 is 1.55 bits per heavy atom. The van der Waals surface area contributed by atoms with E-state index in [1.807, 2.05) is 0 Å². The molecule has 0 spiro atoms. The Balaban J connectivity index is 3.66. The first-order chi connectivity index (χ1) is 5.20. The number of nitrogens with zero attached hydrogens (tertiary/aromatic N) is 3. The van der Waals surface area contributed by atoms with Crippen LogP contribution in [0.2, 0.25) is 0 Å². The smallest absolute Gasteiger partial charge is 0.0630 e. The van der Waals surface area contributed by atoms with Gasteiger partial charge in [-0.2, -0.15) is 0 Å². The van der Waals surface area contributed by atoms with Crippen molar-refractivity contribution in [2.45, 2.75) is 26.4 Å². The molecule has 0 fully saturated rings. The van der Waals surface area contributed by atoms with E-state index in [9.17, 15) is 0 Å². The van der Waals surface area contributed by atoms with E-state index < -0.39 is 0 Å². The molecule has 1 unspecified atom stereocenters. The first-order valence-electron chi connectivity index (χ1n) is 3.74. The molecule has 0 aromatic heterocycles. The van der Waals surface area contributed by atoms with Crippen LogP contribution in [-0.4, -0.2) is 19.8 Å². The standard InChI is InChI=1S/C7H15N3O/c1-6(2)4-7(11-3)5-9-10-8/h6-7H,4-5H2,1-3H3. The predicted molar refractivity (Wildman–Crippen MR) is 44.3 cm³/mol. The zero-order valence-electron chi connectivity index (χ0n) is 7.32. The number of rotatable bonds is 5. The SMILES string of the molecule is COC(CN=[N+]=[N-])CC(C)C. The summed E-state index contributed by atoms with van der Waals surface area (Å²) in [6.07, 6.45) is 1.01. The van der Waals surface area contributed by atoms with Gasteiger partial charge in [-0.15, -0.1) is 0 Å². The zero-order chi connectivity index (χ0) is 8.69. The van der Waals surface area contributed by atoms with Crippen LogP contribution in [0.25, 0.3) is 10.4 Å². The summed E-state index contributed by atoms with van der Waals surface area (Å²) in [4.78, 5) is 2.68. The summed E-state index contributed by atoms with van der Waals surface area (Å²) in [5, 5.41) is 3.45. The summed E-state index contributed by atoms with van der Waals surface area (Å²) < 4.78 is 5.10. The van der Waals surface area contributed by atoms with Gasteiger partial charge in [-0.3, -0.25) is 0 Å². The highest BCUT2D eigenvalue weighted by atomic mass is 16.5. The van der Waals surface area contributed by atoms with Crippen LogP contribution < -0.4 is 0 Å². The number of azide groups is 1. The first-order valence-corrected chi connectivity index (χ1v) is 3.74. The second-order valence-corrected chi connectivity index (χ2v) is 2.90. The van der Waals surface area contributed by atoms with Gasteiger partial charge in [0.1, 0.15) is 0 Å². The molecule has 0 aromatic carbocycles. The third kappa shape index (κ3) is 5.70. The summed E-state index contributed by atoms with van der Waals surface area (Å²) in [5.41, 5.74) is 8.05. The lowest BCUT2D eigenvalue weighted by molar-refractivity contribution is 0.0913. The van der Waals surface area contributed by atoms with Crippen LogP contribution in [0.3, 0.4) is 0 Å². The topological polar surface area (TPSA) is 58.0 Å². The van der Waals surface area contributed by atoms with E-state index in [0.717, 1.165) is 6.42 Å². The minimum absolute atomic E-state index is 0.0749. The van der Waals surface area contributed by atoms with Crippen molar-refractivity contribution in [3.05, 3.63) is 10.4 Å². The van der Waals surface area contributed by atoms with E-state index in [4.69, 9.17) is 10.3 Å². The summed E-state index contributed by atoms with van der Waals surface area (Å²) in [6.45, 7) is 4.66. The van der Waals surface area contributed by atoms with Crippen LogP contribution in [0, 0.1) is 5.92 Å². The average Bonchev–Trinajstić information content (AvgIpc) is 1.97. The van der Waals surface area contributed by atoms with Crippen LogP contribution in [-0.2, 0) is 4.74 Å². The van der Waals surface area contributed by atoms with Crippen molar-refractivity contribution in [2.24, 2.45) is 11.0 Å². The van der Waals surface area contributed by atoms with Crippen LogP contribution >= 0.6 is 0 Å². The molecule has 11 heavy (non-hydrogen) atoms. The van der Waals surface area contributed by atoms with Crippen LogP contribution in [0.1, 0.15) is 20.3 Å². The molecular formula is C7H15N3O. The fourth-order valence-corrected chi connectivity index (χ4v) is 0.899. The fraction of sp³-hybridized carbons (Fsp3) is 1.00.